The maximum atomic E-state index is 13.6. The van der Waals surface area contributed by atoms with Crippen LogP contribution in [0.4, 0.5) is 0 Å². The van der Waals surface area contributed by atoms with Gasteiger partial charge in [-0.25, -0.2) is 0 Å². The summed E-state index contributed by atoms with van der Waals surface area (Å²) in [4.78, 5) is 33.1. The van der Waals surface area contributed by atoms with Gasteiger partial charge in [-0.2, -0.15) is 0 Å². The number of piperidine rings is 1. The standard InChI is InChI=1S/C32H28N2O5/c35-25-18-26(36)31-27(37)19-28(20-8-3-1-4-9-20)39-32(31)30(25)23(17-29(38)34-14-5-2-6-15-34)21-11-12-24-22(16-21)10-7-13-33-24/h1,3-4,7-13,16,18-19,23,35-36H,2,5-6,14-15,17H2/t23-/m0/s1. The van der Waals surface area contributed by atoms with Crippen molar-refractivity contribution in [3.63, 3.8) is 0 Å². The van der Waals surface area contributed by atoms with Crippen LogP contribution in [0.1, 0.15) is 42.7 Å². The van der Waals surface area contributed by atoms with Crippen molar-refractivity contribution in [1.82, 2.24) is 9.88 Å². The van der Waals surface area contributed by atoms with E-state index in [-0.39, 0.29) is 34.8 Å². The summed E-state index contributed by atoms with van der Waals surface area (Å²) < 4.78 is 6.28. The van der Waals surface area contributed by atoms with Crippen LogP contribution < -0.4 is 5.43 Å². The number of fused-ring (bicyclic) bond motifs is 2. The Morgan fingerprint density at radius 1 is 0.923 bits per heavy atom. The molecule has 0 aliphatic carbocycles. The third-order valence-corrected chi connectivity index (χ3v) is 7.52. The molecule has 39 heavy (non-hydrogen) atoms. The minimum Gasteiger partial charge on any atom is -0.507 e. The lowest BCUT2D eigenvalue weighted by Crippen LogP contribution is -2.36. The van der Waals surface area contributed by atoms with E-state index in [1.165, 1.54) is 6.07 Å². The molecular weight excluding hydrogens is 492 g/mol. The number of carbonyl (C=O) groups is 1. The second-order valence-electron chi connectivity index (χ2n) is 10.0. The van der Waals surface area contributed by atoms with Crippen LogP contribution in [-0.4, -0.2) is 39.1 Å². The molecule has 5 aromatic rings. The van der Waals surface area contributed by atoms with E-state index in [4.69, 9.17) is 4.42 Å². The van der Waals surface area contributed by atoms with Gasteiger partial charge in [0.05, 0.1) is 5.52 Å². The molecule has 196 valence electrons. The fourth-order valence-electron chi connectivity index (χ4n) is 5.55. The summed E-state index contributed by atoms with van der Waals surface area (Å²) in [5, 5.41) is 22.8. The predicted molar refractivity (Wildman–Crippen MR) is 150 cm³/mol. The van der Waals surface area contributed by atoms with E-state index in [0.717, 1.165) is 41.8 Å². The number of amides is 1. The molecule has 0 saturated carbocycles. The zero-order valence-electron chi connectivity index (χ0n) is 21.3. The zero-order chi connectivity index (χ0) is 26.9. The number of aromatic hydroxyl groups is 2. The Kier molecular flexibility index (Phi) is 6.49. The number of hydrogen-bond acceptors (Lipinski definition) is 6. The molecule has 6 rings (SSSR count). The van der Waals surface area contributed by atoms with Crippen LogP contribution in [0.3, 0.4) is 0 Å². The maximum Gasteiger partial charge on any atom is 0.223 e. The van der Waals surface area contributed by atoms with Crippen molar-refractivity contribution in [3.8, 4) is 22.8 Å². The molecule has 7 heteroatoms. The molecule has 0 spiro atoms. The first-order chi connectivity index (χ1) is 19.0. The second kappa shape index (κ2) is 10.3. The van der Waals surface area contributed by atoms with Crippen LogP contribution in [0.2, 0.25) is 0 Å². The van der Waals surface area contributed by atoms with E-state index in [2.05, 4.69) is 4.98 Å². The van der Waals surface area contributed by atoms with Crippen molar-refractivity contribution in [3.05, 3.63) is 100 Å². The summed E-state index contributed by atoms with van der Waals surface area (Å²) in [6, 6.07) is 21.2. The highest BCUT2D eigenvalue weighted by molar-refractivity contribution is 5.91. The fourth-order valence-corrected chi connectivity index (χ4v) is 5.55. The van der Waals surface area contributed by atoms with E-state index in [1.54, 1.807) is 6.20 Å². The van der Waals surface area contributed by atoms with Gasteiger partial charge in [-0.15, -0.1) is 0 Å². The molecule has 2 N–H and O–H groups in total. The van der Waals surface area contributed by atoms with Crippen LogP contribution in [0.25, 0.3) is 33.2 Å². The van der Waals surface area contributed by atoms with Gasteiger partial charge in [0.15, 0.2) is 5.43 Å². The largest absolute Gasteiger partial charge is 0.507 e. The molecule has 1 aliphatic heterocycles. The normalized spacial score (nSPS) is 14.5. The number of aromatic nitrogens is 1. The molecule has 1 amide bonds. The zero-order valence-corrected chi connectivity index (χ0v) is 21.3. The van der Waals surface area contributed by atoms with Gasteiger partial charge in [-0.05, 0) is 43.0 Å². The SMILES string of the molecule is O=C(C[C@@H](c1ccc2ncccc2c1)c1c(O)cc(O)c2c(=O)cc(-c3ccccc3)oc12)N1CCCCC1. The number of phenolic OH excluding ortho intramolecular Hbond substituents is 2. The predicted octanol–water partition coefficient (Wildman–Crippen LogP) is 5.95. The van der Waals surface area contributed by atoms with Crippen molar-refractivity contribution in [1.29, 1.82) is 0 Å². The number of carbonyl (C=O) groups excluding carboxylic acids is 1. The molecule has 7 nitrogen and oxygen atoms in total. The van der Waals surface area contributed by atoms with Gasteiger partial charge < -0.3 is 19.5 Å². The average molecular weight is 521 g/mol. The van der Waals surface area contributed by atoms with Crippen molar-refractivity contribution in [2.24, 2.45) is 0 Å². The Bertz CT molecular complexity index is 1740. The first kappa shape index (κ1) is 24.7. The highest BCUT2D eigenvalue weighted by Crippen LogP contribution is 2.43. The average Bonchev–Trinajstić information content (AvgIpc) is 2.96. The lowest BCUT2D eigenvalue weighted by atomic mass is 9.85. The molecule has 0 radical (unpaired) electrons. The van der Waals surface area contributed by atoms with Crippen molar-refractivity contribution in [2.45, 2.75) is 31.6 Å². The summed E-state index contributed by atoms with van der Waals surface area (Å²) in [5.41, 5.74) is 2.20. The molecule has 0 unspecified atom stereocenters. The van der Waals surface area contributed by atoms with Gasteiger partial charge >= 0.3 is 0 Å². The summed E-state index contributed by atoms with van der Waals surface area (Å²) in [6.45, 7) is 1.39. The first-order valence-electron chi connectivity index (χ1n) is 13.2. The number of hydrogen-bond donors (Lipinski definition) is 2. The van der Waals surface area contributed by atoms with E-state index >= 15 is 0 Å². The maximum absolute atomic E-state index is 13.6. The van der Waals surface area contributed by atoms with Gasteiger partial charge in [0.1, 0.15) is 28.2 Å². The van der Waals surface area contributed by atoms with Crippen molar-refractivity contribution >= 4 is 27.8 Å². The van der Waals surface area contributed by atoms with E-state index in [9.17, 15) is 19.8 Å². The van der Waals surface area contributed by atoms with Gasteiger partial charge in [0.25, 0.3) is 0 Å². The van der Waals surface area contributed by atoms with Crippen molar-refractivity contribution in [2.75, 3.05) is 13.1 Å². The minimum atomic E-state index is -0.638. The topological polar surface area (TPSA) is 104 Å². The summed E-state index contributed by atoms with van der Waals surface area (Å²) in [6.07, 6.45) is 4.81. The number of phenols is 2. The molecule has 1 aliphatic rings. The molecule has 0 bridgehead atoms. The van der Waals surface area contributed by atoms with Crippen LogP contribution in [-0.2, 0) is 4.79 Å². The Morgan fingerprint density at radius 3 is 2.51 bits per heavy atom. The van der Waals surface area contributed by atoms with Crippen LogP contribution in [0.5, 0.6) is 11.5 Å². The summed E-state index contributed by atoms with van der Waals surface area (Å²) in [7, 11) is 0. The van der Waals surface area contributed by atoms with Gasteiger partial charge in [0.2, 0.25) is 5.91 Å². The van der Waals surface area contributed by atoms with Crippen LogP contribution >= 0.6 is 0 Å². The van der Waals surface area contributed by atoms with Gasteiger partial charge in [-0.1, -0.05) is 42.5 Å². The Balaban J connectivity index is 1.58. The highest BCUT2D eigenvalue weighted by Gasteiger charge is 2.30. The molecule has 1 fully saturated rings. The highest BCUT2D eigenvalue weighted by atomic mass is 16.3. The van der Waals surface area contributed by atoms with E-state index in [0.29, 0.717) is 30.0 Å². The first-order valence-corrected chi connectivity index (χ1v) is 13.2. The summed E-state index contributed by atoms with van der Waals surface area (Å²) in [5.74, 6) is -0.975. The Morgan fingerprint density at radius 2 is 1.72 bits per heavy atom. The smallest absolute Gasteiger partial charge is 0.223 e. The lowest BCUT2D eigenvalue weighted by molar-refractivity contribution is -0.132. The number of benzene rings is 3. The van der Waals surface area contributed by atoms with Gasteiger partial charge in [0, 0.05) is 60.3 Å². The number of nitrogens with zero attached hydrogens (tertiary/aromatic N) is 2. The number of rotatable bonds is 5. The van der Waals surface area contributed by atoms with Crippen molar-refractivity contribution < 1.29 is 19.4 Å². The molecule has 3 heterocycles. The van der Waals surface area contributed by atoms with E-state index in [1.807, 2.05) is 65.6 Å². The minimum absolute atomic E-state index is 0.0274. The van der Waals surface area contributed by atoms with Crippen LogP contribution in [0, 0.1) is 0 Å². The van der Waals surface area contributed by atoms with Gasteiger partial charge in [-0.3, -0.25) is 14.6 Å². The molecule has 1 saturated heterocycles. The summed E-state index contributed by atoms with van der Waals surface area (Å²) >= 11 is 0. The van der Waals surface area contributed by atoms with E-state index < -0.39 is 11.3 Å². The Hall–Kier alpha value is -4.65. The lowest BCUT2D eigenvalue weighted by Gasteiger charge is -2.29. The fraction of sp³-hybridized carbons (Fsp3) is 0.219. The molecule has 1 atom stereocenters. The molecule has 3 aromatic carbocycles. The number of likely N-dealkylation sites (tertiary alicyclic amines) is 1. The molecular formula is C32H28N2O5. The second-order valence-corrected chi connectivity index (χ2v) is 10.0. The molecule has 2 aromatic heterocycles. The third kappa shape index (κ3) is 4.72. The van der Waals surface area contributed by atoms with Crippen LogP contribution in [0.15, 0.2) is 88.2 Å². The quantitative estimate of drug-likeness (QED) is 0.297. The number of pyridine rings is 1. The monoisotopic (exact) mass is 520 g/mol. The Labute approximate surface area is 225 Å². The third-order valence-electron chi connectivity index (χ3n) is 7.52.